The molecular formula is C54H37NS. The Morgan fingerprint density at radius 2 is 1.02 bits per heavy atom. The lowest BCUT2D eigenvalue weighted by atomic mass is 9.74. The van der Waals surface area contributed by atoms with E-state index in [0.29, 0.717) is 0 Å². The van der Waals surface area contributed by atoms with Gasteiger partial charge in [0, 0.05) is 42.6 Å². The monoisotopic (exact) mass is 731 g/mol. The molecule has 1 heterocycles. The lowest BCUT2D eigenvalue weighted by molar-refractivity contribution is 0.714. The predicted octanol–water partition coefficient (Wildman–Crippen LogP) is 15.3. The Hall–Kier alpha value is -6.74. The maximum absolute atomic E-state index is 2.45. The van der Waals surface area contributed by atoms with Crippen LogP contribution in [-0.2, 0) is 5.41 Å². The molecule has 9 aromatic carbocycles. The van der Waals surface area contributed by atoms with Crippen molar-refractivity contribution in [1.82, 2.24) is 0 Å². The molecule has 0 N–H and O–H groups in total. The minimum atomic E-state index is -0.301. The molecule has 1 aliphatic carbocycles. The molecule has 1 aliphatic rings. The van der Waals surface area contributed by atoms with Crippen LogP contribution in [-0.4, -0.2) is 0 Å². The van der Waals surface area contributed by atoms with E-state index in [2.05, 4.69) is 218 Å². The molecule has 1 unspecified atom stereocenters. The van der Waals surface area contributed by atoms with Crippen LogP contribution in [0.5, 0.6) is 0 Å². The highest BCUT2D eigenvalue weighted by Gasteiger charge is 2.41. The molecule has 1 nitrogen and oxygen atoms in total. The normalized spacial score (nSPS) is 14.6. The van der Waals surface area contributed by atoms with Crippen LogP contribution >= 0.6 is 11.3 Å². The number of fused-ring (bicyclic) bond motifs is 7. The van der Waals surface area contributed by atoms with Crippen LogP contribution in [0.1, 0.15) is 23.6 Å². The lowest BCUT2D eigenvalue weighted by Gasteiger charge is -2.31. The number of hydrogen-bond acceptors (Lipinski definition) is 2. The molecule has 264 valence electrons. The summed E-state index contributed by atoms with van der Waals surface area (Å²) in [6.45, 7) is 2.40. The smallest absolute Gasteiger partial charge is 0.0467 e. The predicted molar refractivity (Wildman–Crippen MR) is 240 cm³/mol. The first-order valence-electron chi connectivity index (χ1n) is 19.3. The fourth-order valence-electron chi connectivity index (χ4n) is 9.24. The quantitative estimate of drug-likeness (QED) is 0.165. The van der Waals surface area contributed by atoms with E-state index in [4.69, 9.17) is 0 Å². The number of rotatable bonds is 6. The minimum absolute atomic E-state index is 0.301. The number of nitrogens with zero attached hydrogens (tertiary/aromatic N) is 1. The Morgan fingerprint density at radius 1 is 0.393 bits per heavy atom. The molecule has 2 heteroatoms. The number of thiophene rings is 1. The van der Waals surface area contributed by atoms with Gasteiger partial charge in [0.2, 0.25) is 0 Å². The van der Waals surface area contributed by atoms with Gasteiger partial charge in [-0.2, -0.15) is 0 Å². The first-order valence-corrected chi connectivity index (χ1v) is 20.2. The van der Waals surface area contributed by atoms with Crippen molar-refractivity contribution in [2.45, 2.75) is 12.3 Å². The van der Waals surface area contributed by atoms with Gasteiger partial charge < -0.3 is 4.90 Å². The summed E-state index contributed by atoms with van der Waals surface area (Å²) in [7, 11) is 0. The Bertz CT molecular complexity index is 3100. The van der Waals surface area contributed by atoms with E-state index in [-0.39, 0.29) is 5.41 Å². The standard InChI is InChI=1S/C54H37NS/c1-54(39-17-3-2-4-18-39)49-25-9-7-21-46(49)47-33-32-42(35-50(47)54)55(40-30-28-37(29-31-40)44-23-12-15-36-14-5-6-20-43(36)44)41-19-11-16-38(34-41)45-24-13-27-52-53(45)48-22-8-10-26-51(48)56-52/h2-35H,1H3. The Labute approximate surface area is 331 Å². The maximum atomic E-state index is 2.45. The molecule has 0 aliphatic heterocycles. The van der Waals surface area contributed by atoms with Crippen molar-refractivity contribution in [3.05, 3.63) is 223 Å². The van der Waals surface area contributed by atoms with E-state index in [9.17, 15) is 0 Å². The van der Waals surface area contributed by atoms with Gasteiger partial charge >= 0.3 is 0 Å². The van der Waals surface area contributed by atoms with Crippen LogP contribution < -0.4 is 4.90 Å². The zero-order chi connectivity index (χ0) is 37.2. The van der Waals surface area contributed by atoms with Crippen molar-refractivity contribution >= 4 is 59.3 Å². The number of benzene rings is 9. The van der Waals surface area contributed by atoms with Crippen LogP contribution in [0, 0.1) is 0 Å². The molecule has 0 radical (unpaired) electrons. The maximum Gasteiger partial charge on any atom is 0.0467 e. The fraction of sp³-hybridized carbons (Fsp3) is 0.0370. The highest BCUT2D eigenvalue weighted by Crippen LogP contribution is 2.54. The van der Waals surface area contributed by atoms with Gasteiger partial charge in [-0.15, -0.1) is 11.3 Å². The van der Waals surface area contributed by atoms with Crippen molar-refractivity contribution in [2.24, 2.45) is 0 Å². The summed E-state index contributed by atoms with van der Waals surface area (Å²) < 4.78 is 2.63. The van der Waals surface area contributed by atoms with Gasteiger partial charge in [-0.1, -0.05) is 158 Å². The Morgan fingerprint density at radius 3 is 1.91 bits per heavy atom. The first-order chi connectivity index (χ1) is 27.6. The third-order valence-electron chi connectivity index (χ3n) is 12.0. The largest absolute Gasteiger partial charge is 0.310 e. The molecule has 56 heavy (non-hydrogen) atoms. The van der Waals surface area contributed by atoms with Gasteiger partial charge in [0.05, 0.1) is 0 Å². The molecule has 11 rings (SSSR count). The fourth-order valence-corrected chi connectivity index (χ4v) is 10.4. The molecule has 0 saturated carbocycles. The molecule has 0 saturated heterocycles. The number of hydrogen-bond donors (Lipinski definition) is 0. The van der Waals surface area contributed by atoms with Crippen molar-refractivity contribution in [3.63, 3.8) is 0 Å². The molecule has 1 atom stereocenters. The Kier molecular flexibility index (Phi) is 7.55. The van der Waals surface area contributed by atoms with Crippen molar-refractivity contribution < 1.29 is 0 Å². The van der Waals surface area contributed by atoms with Crippen molar-refractivity contribution in [1.29, 1.82) is 0 Å². The summed E-state index contributed by atoms with van der Waals surface area (Å²) in [5, 5.41) is 5.15. The van der Waals surface area contributed by atoms with Crippen molar-refractivity contribution in [3.8, 4) is 33.4 Å². The first kappa shape index (κ1) is 32.7. The third kappa shape index (κ3) is 5.07. The van der Waals surface area contributed by atoms with E-state index in [1.807, 2.05) is 11.3 Å². The highest BCUT2D eigenvalue weighted by molar-refractivity contribution is 7.25. The molecule has 0 spiro atoms. The lowest BCUT2D eigenvalue weighted by Crippen LogP contribution is -2.22. The van der Waals surface area contributed by atoms with Gasteiger partial charge in [0.25, 0.3) is 0 Å². The van der Waals surface area contributed by atoms with Crippen LogP contribution in [0.15, 0.2) is 206 Å². The second kappa shape index (κ2) is 12.9. The second-order valence-electron chi connectivity index (χ2n) is 15.0. The number of anilines is 3. The second-order valence-corrected chi connectivity index (χ2v) is 16.1. The van der Waals surface area contributed by atoms with E-state index in [1.165, 1.54) is 81.0 Å². The summed E-state index contributed by atoms with van der Waals surface area (Å²) >= 11 is 1.87. The minimum Gasteiger partial charge on any atom is -0.310 e. The Balaban J connectivity index is 1.10. The highest BCUT2D eigenvalue weighted by atomic mass is 32.1. The zero-order valence-electron chi connectivity index (χ0n) is 31.0. The van der Waals surface area contributed by atoms with E-state index >= 15 is 0 Å². The summed E-state index contributed by atoms with van der Waals surface area (Å²) in [6, 6.07) is 76.0. The average Bonchev–Trinajstić information content (AvgIpc) is 3.77. The van der Waals surface area contributed by atoms with Crippen molar-refractivity contribution in [2.75, 3.05) is 4.90 Å². The molecule has 10 aromatic rings. The average molecular weight is 732 g/mol. The van der Waals surface area contributed by atoms with Crippen LogP contribution in [0.25, 0.3) is 64.3 Å². The molecule has 0 fully saturated rings. The van der Waals surface area contributed by atoms with Gasteiger partial charge in [-0.3, -0.25) is 0 Å². The van der Waals surface area contributed by atoms with E-state index in [1.54, 1.807) is 0 Å². The van der Waals surface area contributed by atoms with Crippen LogP contribution in [0.2, 0.25) is 0 Å². The van der Waals surface area contributed by atoms with Crippen LogP contribution in [0.3, 0.4) is 0 Å². The van der Waals surface area contributed by atoms with Gasteiger partial charge in [-0.25, -0.2) is 0 Å². The SMILES string of the molecule is CC1(c2ccccc2)c2ccccc2-c2ccc(N(c3ccc(-c4cccc5ccccc45)cc3)c3cccc(-c4cccc5sc6ccccc6c45)c3)cc21. The summed E-state index contributed by atoms with van der Waals surface area (Å²) in [5.74, 6) is 0. The molecular weight excluding hydrogens is 695 g/mol. The van der Waals surface area contributed by atoms with Gasteiger partial charge in [0.1, 0.15) is 0 Å². The molecule has 1 aromatic heterocycles. The summed E-state index contributed by atoms with van der Waals surface area (Å²) in [6.07, 6.45) is 0. The van der Waals surface area contributed by atoms with Crippen LogP contribution in [0.4, 0.5) is 17.1 Å². The van der Waals surface area contributed by atoms with E-state index < -0.39 is 0 Å². The third-order valence-corrected chi connectivity index (χ3v) is 13.1. The zero-order valence-corrected chi connectivity index (χ0v) is 31.8. The molecule has 0 amide bonds. The topological polar surface area (TPSA) is 3.24 Å². The summed E-state index contributed by atoms with van der Waals surface area (Å²) in [4.78, 5) is 2.44. The summed E-state index contributed by atoms with van der Waals surface area (Å²) in [5.41, 5.74) is 14.6. The van der Waals surface area contributed by atoms with Gasteiger partial charge in [-0.05, 0) is 116 Å². The molecule has 0 bridgehead atoms. The van der Waals surface area contributed by atoms with Gasteiger partial charge in [0.15, 0.2) is 0 Å². The van der Waals surface area contributed by atoms with E-state index in [0.717, 1.165) is 17.1 Å².